The lowest BCUT2D eigenvalue weighted by Gasteiger charge is -2.49. The first kappa shape index (κ1) is 25.4. The molecule has 6 nitrogen and oxygen atoms in total. The van der Waals surface area contributed by atoms with Gasteiger partial charge in [-0.05, 0) is 56.0 Å². The number of halogens is 3. The average Bonchev–Trinajstić information content (AvgIpc) is 2.78. The molecule has 2 aromatic rings. The Morgan fingerprint density at radius 2 is 2.00 bits per heavy atom. The van der Waals surface area contributed by atoms with Gasteiger partial charge in [-0.1, -0.05) is 6.07 Å². The van der Waals surface area contributed by atoms with Gasteiger partial charge in [-0.2, -0.15) is 0 Å². The molecule has 0 amide bonds. The average molecular weight is 489 g/mol. The number of nitrogen functional groups attached to an aromatic ring is 1. The number of fused-ring (bicyclic) bond motifs is 1. The molecule has 2 aliphatic heterocycles. The van der Waals surface area contributed by atoms with Crippen LogP contribution in [0.3, 0.4) is 0 Å². The van der Waals surface area contributed by atoms with Gasteiger partial charge in [-0.15, -0.1) is 0 Å². The number of nitrogens with two attached hydrogens (primary N) is 1. The molecular formula is C26H35F3N6. The van der Waals surface area contributed by atoms with Crippen LogP contribution in [-0.4, -0.2) is 78.9 Å². The van der Waals surface area contributed by atoms with Crippen molar-refractivity contribution in [1.82, 2.24) is 14.8 Å². The topological polar surface area (TPSA) is 72.5 Å². The smallest absolute Gasteiger partial charge is 0.251 e. The van der Waals surface area contributed by atoms with Crippen LogP contribution in [0.5, 0.6) is 0 Å². The Balaban J connectivity index is 1.64. The highest BCUT2D eigenvalue weighted by Gasteiger charge is 2.43. The Morgan fingerprint density at radius 3 is 2.60 bits per heavy atom. The molecule has 3 N–H and O–H groups in total. The second kappa shape index (κ2) is 10.1. The summed E-state index contributed by atoms with van der Waals surface area (Å²) in [7, 11) is 2.02. The lowest BCUT2D eigenvalue weighted by atomic mass is 9.78. The predicted molar refractivity (Wildman–Crippen MR) is 135 cm³/mol. The molecule has 1 fully saturated rings. The lowest BCUT2D eigenvalue weighted by Crippen LogP contribution is -2.58. The molecule has 0 unspecified atom stereocenters. The summed E-state index contributed by atoms with van der Waals surface area (Å²) < 4.78 is 39.8. The van der Waals surface area contributed by atoms with Crippen molar-refractivity contribution in [2.45, 2.75) is 50.7 Å². The molecule has 0 aliphatic carbocycles. The van der Waals surface area contributed by atoms with E-state index >= 15 is 0 Å². The van der Waals surface area contributed by atoms with Crippen molar-refractivity contribution in [2.75, 3.05) is 50.5 Å². The summed E-state index contributed by atoms with van der Waals surface area (Å²) in [4.78, 5) is 11.0. The number of pyridine rings is 1. The molecule has 1 saturated heterocycles. The van der Waals surface area contributed by atoms with Crippen LogP contribution in [-0.2, 0) is 6.42 Å². The number of hydrogen-bond acceptors (Lipinski definition) is 6. The minimum Gasteiger partial charge on any atom is -0.398 e. The van der Waals surface area contributed by atoms with Gasteiger partial charge in [0.25, 0.3) is 6.43 Å². The zero-order valence-corrected chi connectivity index (χ0v) is 20.6. The number of rotatable bonds is 9. The van der Waals surface area contributed by atoms with Crippen LogP contribution < -0.4 is 10.6 Å². The summed E-state index contributed by atoms with van der Waals surface area (Å²) in [6, 6.07) is 7.41. The fourth-order valence-electron chi connectivity index (χ4n) is 5.43. The van der Waals surface area contributed by atoms with E-state index in [1.807, 2.05) is 44.0 Å². The third kappa shape index (κ3) is 5.02. The molecule has 190 valence electrons. The van der Waals surface area contributed by atoms with Crippen molar-refractivity contribution < 1.29 is 13.2 Å². The number of anilines is 2. The predicted octanol–water partition coefficient (Wildman–Crippen LogP) is 4.13. The zero-order chi connectivity index (χ0) is 25.3. The van der Waals surface area contributed by atoms with Gasteiger partial charge in [-0.3, -0.25) is 19.2 Å². The molecule has 0 bridgehead atoms. The van der Waals surface area contributed by atoms with E-state index in [0.29, 0.717) is 35.8 Å². The van der Waals surface area contributed by atoms with Gasteiger partial charge in [0, 0.05) is 49.7 Å². The van der Waals surface area contributed by atoms with Crippen molar-refractivity contribution in [2.24, 2.45) is 0 Å². The van der Waals surface area contributed by atoms with Crippen molar-refractivity contribution in [1.29, 1.82) is 5.41 Å². The second-order valence-electron chi connectivity index (χ2n) is 10.2. The first-order valence-electron chi connectivity index (χ1n) is 12.1. The van der Waals surface area contributed by atoms with E-state index in [-0.39, 0.29) is 13.2 Å². The van der Waals surface area contributed by atoms with Crippen LogP contribution >= 0.6 is 0 Å². The standard InChI is InChI=1S/C26H35F3N6/c1-26(2)11-20-19(6-7-22(31)21(20)12-30)25(35(26)16-24(28)29)23-8-5-17(13-32-23)33(3)18-14-34(15-18)10-4-9-27/h5-8,12-13,18,24-25,30H,4,9-11,14-16,31H2,1-3H3/t25-/m0/s1. The number of benzene rings is 1. The van der Waals surface area contributed by atoms with E-state index < -0.39 is 18.0 Å². The van der Waals surface area contributed by atoms with Crippen LogP contribution in [0.1, 0.15) is 48.7 Å². The fourth-order valence-corrected chi connectivity index (χ4v) is 5.43. The number of nitrogens with zero attached hydrogens (tertiary/aromatic N) is 4. The number of aromatic nitrogens is 1. The lowest BCUT2D eigenvalue weighted by molar-refractivity contribution is 0.00466. The molecule has 1 atom stereocenters. The van der Waals surface area contributed by atoms with E-state index in [4.69, 9.17) is 16.1 Å². The Bertz CT molecular complexity index is 1040. The third-order valence-corrected chi connectivity index (χ3v) is 7.45. The molecular weight excluding hydrogens is 453 g/mol. The summed E-state index contributed by atoms with van der Waals surface area (Å²) in [6.45, 7) is 5.79. The zero-order valence-electron chi connectivity index (χ0n) is 20.6. The Kier molecular flexibility index (Phi) is 7.38. The quantitative estimate of drug-likeness (QED) is 0.410. The highest BCUT2D eigenvalue weighted by Crippen LogP contribution is 2.44. The van der Waals surface area contributed by atoms with Gasteiger partial charge < -0.3 is 16.0 Å². The minimum absolute atomic E-state index is 0.292. The highest BCUT2D eigenvalue weighted by atomic mass is 19.3. The van der Waals surface area contributed by atoms with E-state index in [2.05, 4.69) is 9.80 Å². The molecule has 2 aliphatic rings. The monoisotopic (exact) mass is 488 g/mol. The Morgan fingerprint density at radius 1 is 1.26 bits per heavy atom. The van der Waals surface area contributed by atoms with Crippen LogP contribution in [0, 0.1) is 5.41 Å². The number of hydrogen-bond donors (Lipinski definition) is 2. The summed E-state index contributed by atoms with van der Waals surface area (Å²) in [5.74, 6) is 0. The van der Waals surface area contributed by atoms with Gasteiger partial charge in [0.2, 0.25) is 0 Å². The number of likely N-dealkylation sites (N-methyl/N-ethyl adjacent to an activating group) is 1. The van der Waals surface area contributed by atoms with Gasteiger partial charge in [-0.25, -0.2) is 8.78 Å². The van der Waals surface area contributed by atoms with Crippen LogP contribution in [0.15, 0.2) is 30.5 Å². The van der Waals surface area contributed by atoms with Gasteiger partial charge in [0.1, 0.15) is 0 Å². The van der Waals surface area contributed by atoms with Gasteiger partial charge >= 0.3 is 0 Å². The van der Waals surface area contributed by atoms with Crippen LogP contribution in [0.25, 0.3) is 0 Å². The molecule has 4 rings (SSSR count). The van der Waals surface area contributed by atoms with Crippen LogP contribution in [0.4, 0.5) is 24.5 Å². The van der Waals surface area contributed by atoms with Gasteiger partial charge in [0.05, 0.1) is 42.9 Å². The van der Waals surface area contributed by atoms with E-state index in [0.717, 1.165) is 36.4 Å². The number of likely N-dealkylation sites (tertiary alicyclic amines) is 1. The maximum absolute atomic E-state index is 13.7. The Hall–Kier alpha value is -2.65. The fraction of sp³-hybridized carbons (Fsp3) is 0.538. The highest BCUT2D eigenvalue weighted by molar-refractivity contribution is 5.88. The second-order valence-corrected chi connectivity index (χ2v) is 10.2. The maximum atomic E-state index is 13.7. The van der Waals surface area contributed by atoms with E-state index in [1.165, 1.54) is 6.21 Å². The molecule has 0 saturated carbocycles. The van der Waals surface area contributed by atoms with Crippen molar-refractivity contribution in [3.8, 4) is 0 Å². The molecule has 0 radical (unpaired) electrons. The normalized spacial score (nSPS) is 20.5. The summed E-state index contributed by atoms with van der Waals surface area (Å²) in [5.41, 5.74) is 10.2. The molecule has 1 aromatic carbocycles. The first-order valence-corrected chi connectivity index (χ1v) is 12.1. The van der Waals surface area contributed by atoms with Gasteiger partial charge in [0.15, 0.2) is 0 Å². The van der Waals surface area contributed by atoms with E-state index in [1.54, 1.807) is 12.3 Å². The SMILES string of the molecule is CN(c1ccc([C@@H]2c3ccc(N)c(C=N)c3CC(C)(C)N2CC(F)F)nc1)C1CN(CCCF)C1. The maximum Gasteiger partial charge on any atom is 0.251 e. The summed E-state index contributed by atoms with van der Waals surface area (Å²) >= 11 is 0. The summed E-state index contributed by atoms with van der Waals surface area (Å²) in [6.07, 6.45) is 1.65. The van der Waals surface area contributed by atoms with Crippen molar-refractivity contribution in [3.05, 3.63) is 52.8 Å². The number of alkyl halides is 3. The van der Waals surface area contributed by atoms with Crippen LogP contribution in [0.2, 0.25) is 0 Å². The van der Waals surface area contributed by atoms with Crippen molar-refractivity contribution in [3.63, 3.8) is 0 Å². The third-order valence-electron chi connectivity index (χ3n) is 7.45. The minimum atomic E-state index is -2.49. The van der Waals surface area contributed by atoms with Crippen molar-refractivity contribution >= 4 is 17.6 Å². The molecule has 9 heteroatoms. The largest absolute Gasteiger partial charge is 0.398 e. The summed E-state index contributed by atoms with van der Waals surface area (Å²) in [5, 5.41) is 7.90. The molecule has 35 heavy (non-hydrogen) atoms. The molecule has 3 heterocycles. The number of nitrogens with one attached hydrogen (secondary N) is 1. The molecule has 0 spiro atoms. The first-order chi connectivity index (χ1) is 16.7. The molecule has 1 aromatic heterocycles. The Labute approximate surface area is 205 Å². The van der Waals surface area contributed by atoms with E-state index in [9.17, 15) is 13.2 Å².